The normalized spacial score (nSPS) is 24.4. The fraction of sp³-hybridized carbons (Fsp3) is 0.167. The van der Waals surface area contributed by atoms with Gasteiger partial charge in [-0.1, -0.05) is 18.2 Å². The molecule has 1 aromatic carbocycles. The molecule has 1 amide bonds. The molecule has 0 unspecified atom stereocenters. The lowest BCUT2D eigenvalue weighted by atomic mass is 9.97. The summed E-state index contributed by atoms with van der Waals surface area (Å²) in [5.74, 6) is 0.0468. The van der Waals surface area contributed by atoms with E-state index in [1.54, 1.807) is 24.3 Å². The smallest absolute Gasteiger partial charge is 0.419 e. The SMILES string of the molecule is COC(=O)N1C=C[C@]2(F)C1=Nc1ccccc12. The van der Waals surface area contributed by atoms with E-state index in [1.807, 2.05) is 0 Å². The molecule has 2 aliphatic rings. The second-order valence-corrected chi connectivity index (χ2v) is 3.82. The number of carbonyl (C=O) groups is 1. The summed E-state index contributed by atoms with van der Waals surface area (Å²) in [4.78, 5) is 16.7. The van der Waals surface area contributed by atoms with E-state index in [-0.39, 0.29) is 5.84 Å². The molecule has 0 spiro atoms. The molecule has 0 fully saturated rings. The molecule has 0 saturated carbocycles. The van der Waals surface area contributed by atoms with Gasteiger partial charge in [-0.05, 0) is 12.1 Å². The predicted molar refractivity (Wildman–Crippen MR) is 59.7 cm³/mol. The molecule has 0 saturated heterocycles. The van der Waals surface area contributed by atoms with Gasteiger partial charge in [-0.2, -0.15) is 0 Å². The number of methoxy groups -OCH3 is 1. The maximum Gasteiger partial charge on any atom is 0.419 e. The molecule has 86 valence electrons. The van der Waals surface area contributed by atoms with E-state index in [9.17, 15) is 9.18 Å². The van der Waals surface area contributed by atoms with Crippen molar-refractivity contribution in [1.82, 2.24) is 4.90 Å². The monoisotopic (exact) mass is 232 g/mol. The maximum absolute atomic E-state index is 14.8. The number of benzene rings is 1. The van der Waals surface area contributed by atoms with Gasteiger partial charge in [-0.25, -0.2) is 19.1 Å². The Labute approximate surface area is 97.0 Å². The molecule has 0 bridgehead atoms. The van der Waals surface area contributed by atoms with Gasteiger partial charge in [0.05, 0.1) is 12.8 Å². The summed E-state index contributed by atoms with van der Waals surface area (Å²) in [5.41, 5.74) is -0.814. The van der Waals surface area contributed by atoms with Crippen LogP contribution in [0.15, 0.2) is 41.5 Å². The lowest BCUT2D eigenvalue weighted by Gasteiger charge is -2.18. The van der Waals surface area contributed by atoms with Crippen molar-refractivity contribution in [2.75, 3.05) is 7.11 Å². The number of ether oxygens (including phenoxy) is 1. The number of rotatable bonds is 0. The predicted octanol–water partition coefficient (Wildman–Crippen LogP) is 2.49. The van der Waals surface area contributed by atoms with Crippen LogP contribution in [-0.2, 0) is 10.4 Å². The summed E-state index contributed by atoms with van der Waals surface area (Å²) >= 11 is 0. The molecule has 0 N–H and O–H groups in total. The number of hydrogen-bond donors (Lipinski definition) is 0. The minimum absolute atomic E-state index is 0.0468. The van der Waals surface area contributed by atoms with Crippen LogP contribution in [0.25, 0.3) is 0 Å². The second-order valence-electron chi connectivity index (χ2n) is 3.82. The van der Waals surface area contributed by atoms with Gasteiger partial charge in [-0.15, -0.1) is 0 Å². The van der Waals surface area contributed by atoms with Crippen LogP contribution in [0.3, 0.4) is 0 Å². The third-order valence-corrected chi connectivity index (χ3v) is 2.90. The summed E-state index contributed by atoms with van der Waals surface area (Å²) in [6.07, 6.45) is 2.02. The molecule has 17 heavy (non-hydrogen) atoms. The highest BCUT2D eigenvalue weighted by Crippen LogP contribution is 2.46. The summed E-state index contributed by atoms with van der Waals surface area (Å²) in [7, 11) is 1.25. The van der Waals surface area contributed by atoms with Crippen LogP contribution in [0.2, 0.25) is 0 Å². The van der Waals surface area contributed by atoms with E-state index in [4.69, 9.17) is 0 Å². The Bertz CT molecular complexity index is 567. The number of halogens is 1. The first-order valence-corrected chi connectivity index (χ1v) is 5.11. The first-order chi connectivity index (χ1) is 8.16. The Balaban J connectivity index is 2.11. The van der Waals surface area contributed by atoms with Crippen LogP contribution in [0.4, 0.5) is 14.9 Å². The highest BCUT2D eigenvalue weighted by atomic mass is 19.1. The molecule has 3 rings (SSSR count). The Hall–Kier alpha value is -2.17. The summed E-state index contributed by atoms with van der Waals surface area (Å²) < 4.78 is 19.3. The Kier molecular flexibility index (Phi) is 1.86. The molecule has 0 radical (unpaired) electrons. The van der Waals surface area contributed by atoms with Gasteiger partial charge in [0, 0.05) is 11.8 Å². The van der Waals surface area contributed by atoms with E-state index in [0.717, 1.165) is 4.90 Å². The molecule has 4 nitrogen and oxygen atoms in total. The summed E-state index contributed by atoms with van der Waals surface area (Å²) in [5, 5.41) is 0. The zero-order chi connectivity index (χ0) is 12.0. The van der Waals surface area contributed by atoms with Crippen LogP contribution in [0.1, 0.15) is 5.56 Å². The third-order valence-electron chi connectivity index (χ3n) is 2.90. The average molecular weight is 232 g/mol. The summed E-state index contributed by atoms with van der Waals surface area (Å²) in [6.45, 7) is 0. The standard InChI is InChI=1S/C12H9FN2O2/c1-17-11(16)15-7-6-12(13)8-4-2-3-5-9(8)14-10(12)15/h2-7H,1H3/t12-/m1/s1. The number of amides is 1. The first-order valence-electron chi connectivity index (χ1n) is 5.11. The van der Waals surface area contributed by atoms with Gasteiger partial charge in [0.1, 0.15) is 0 Å². The van der Waals surface area contributed by atoms with E-state index in [2.05, 4.69) is 9.73 Å². The van der Waals surface area contributed by atoms with Gasteiger partial charge >= 0.3 is 6.09 Å². The maximum atomic E-state index is 14.8. The number of fused-ring (bicyclic) bond motifs is 3. The Morgan fingerprint density at radius 3 is 3.00 bits per heavy atom. The quantitative estimate of drug-likeness (QED) is 0.689. The van der Waals surface area contributed by atoms with Crippen LogP contribution in [0, 0.1) is 0 Å². The fourth-order valence-corrected chi connectivity index (χ4v) is 2.08. The molecular weight excluding hydrogens is 223 g/mol. The third kappa shape index (κ3) is 1.16. The lowest BCUT2D eigenvalue weighted by molar-refractivity contribution is 0.155. The number of aliphatic imine (C=N–C) groups is 1. The number of para-hydroxylation sites is 1. The van der Waals surface area contributed by atoms with Gasteiger partial charge in [-0.3, -0.25) is 0 Å². The van der Waals surface area contributed by atoms with E-state index < -0.39 is 11.8 Å². The molecule has 2 aliphatic heterocycles. The molecule has 1 atom stereocenters. The van der Waals surface area contributed by atoms with Crippen molar-refractivity contribution in [3.05, 3.63) is 42.1 Å². The van der Waals surface area contributed by atoms with Crippen LogP contribution in [0.5, 0.6) is 0 Å². The highest BCUT2D eigenvalue weighted by molar-refractivity contribution is 6.09. The van der Waals surface area contributed by atoms with Gasteiger partial charge < -0.3 is 4.74 Å². The number of carbonyl (C=O) groups excluding carboxylic acids is 1. The van der Waals surface area contributed by atoms with Crippen molar-refractivity contribution in [2.45, 2.75) is 5.67 Å². The zero-order valence-electron chi connectivity index (χ0n) is 9.05. The van der Waals surface area contributed by atoms with Gasteiger partial charge in [0.15, 0.2) is 5.84 Å². The second kappa shape index (κ2) is 3.16. The number of nitrogens with zero attached hydrogens (tertiary/aromatic N) is 2. The number of hydrogen-bond acceptors (Lipinski definition) is 3. The molecule has 5 heteroatoms. The average Bonchev–Trinajstić information content (AvgIpc) is 2.81. The minimum Gasteiger partial charge on any atom is -0.452 e. The van der Waals surface area contributed by atoms with Crippen LogP contribution >= 0.6 is 0 Å². The van der Waals surface area contributed by atoms with Crippen LogP contribution in [-0.4, -0.2) is 23.9 Å². The van der Waals surface area contributed by atoms with Crippen molar-refractivity contribution in [3.8, 4) is 0 Å². The lowest BCUT2D eigenvalue weighted by Crippen LogP contribution is -2.36. The molecule has 2 heterocycles. The number of amidine groups is 1. The van der Waals surface area contributed by atoms with E-state index in [1.165, 1.54) is 19.4 Å². The fourth-order valence-electron chi connectivity index (χ4n) is 2.08. The minimum atomic E-state index is -1.81. The van der Waals surface area contributed by atoms with Gasteiger partial charge in [0.25, 0.3) is 0 Å². The molecule has 1 aromatic rings. The van der Waals surface area contributed by atoms with Crippen LogP contribution < -0.4 is 0 Å². The topological polar surface area (TPSA) is 41.9 Å². The van der Waals surface area contributed by atoms with E-state index in [0.29, 0.717) is 11.3 Å². The first kappa shape index (κ1) is 10.0. The van der Waals surface area contributed by atoms with Crippen molar-refractivity contribution in [1.29, 1.82) is 0 Å². The van der Waals surface area contributed by atoms with Crippen molar-refractivity contribution in [2.24, 2.45) is 4.99 Å². The number of alkyl halides is 1. The van der Waals surface area contributed by atoms with E-state index >= 15 is 0 Å². The molecular formula is C12H9FN2O2. The van der Waals surface area contributed by atoms with Gasteiger partial charge in [0.2, 0.25) is 5.67 Å². The Morgan fingerprint density at radius 2 is 2.24 bits per heavy atom. The van der Waals surface area contributed by atoms with Crippen molar-refractivity contribution in [3.63, 3.8) is 0 Å². The molecule has 0 aromatic heterocycles. The largest absolute Gasteiger partial charge is 0.452 e. The molecule has 0 aliphatic carbocycles. The Morgan fingerprint density at radius 1 is 1.47 bits per heavy atom. The van der Waals surface area contributed by atoms with Crippen molar-refractivity contribution < 1.29 is 13.9 Å². The highest BCUT2D eigenvalue weighted by Gasteiger charge is 2.50. The summed E-state index contributed by atoms with van der Waals surface area (Å²) in [6, 6.07) is 6.90. The zero-order valence-corrected chi connectivity index (χ0v) is 9.05. The van der Waals surface area contributed by atoms with Crippen molar-refractivity contribution >= 4 is 17.6 Å².